The van der Waals surface area contributed by atoms with Crippen LogP contribution in [0.25, 0.3) is 0 Å². The molecule has 0 bridgehead atoms. The molecule has 0 aromatic heterocycles. The van der Waals surface area contributed by atoms with Crippen molar-refractivity contribution < 1.29 is 0 Å². The van der Waals surface area contributed by atoms with Crippen molar-refractivity contribution in [2.24, 2.45) is 11.1 Å². The summed E-state index contributed by atoms with van der Waals surface area (Å²) in [6, 6.07) is 7.24. The van der Waals surface area contributed by atoms with Crippen molar-refractivity contribution in [1.82, 2.24) is 0 Å². The molecule has 1 aromatic rings. The second-order valence-corrected chi connectivity index (χ2v) is 7.86. The predicted molar refractivity (Wildman–Crippen MR) is 91.2 cm³/mol. The van der Waals surface area contributed by atoms with Gasteiger partial charge in [-0.25, -0.2) is 0 Å². The zero-order valence-electron chi connectivity index (χ0n) is 13.1. The molecule has 112 valence electrons. The molecule has 0 radical (unpaired) electrons. The van der Waals surface area contributed by atoms with Crippen molar-refractivity contribution in [3.63, 3.8) is 0 Å². The summed E-state index contributed by atoms with van der Waals surface area (Å²) in [5.74, 6) is 0. The first-order chi connectivity index (χ1) is 9.30. The van der Waals surface area contributed by atoms with Crippen molar-refractivity contribution in [2.75, 3.05) is 11.9 Å². The Kier molecular flexibility index (Phi) is 4.80. The number of rotatable bonds is 3. The van der Waals surface area contributed by atoms with Crippen LogP contribution in [0.1, 0.15) is 58.1 Å². The Morgan fingerprint density at radius 2 is 1.90 bits per heavy atom. The van der Waals surface area contributed by atoms with Gasteiger partial charge >= 0.3 is 0 Å². The Morgan fingerprint density at radius 1 is 1.30 bits per heavy atom. The summed E-state index contributed by atoms with van der Waals surface area (Å²) >= 11 is 3.71. The maximum absolute atomic E-state index is 5.95. The predicted octanol–water partition coefficient (Wildman–Crippen LogP) is 4.87. The molecule has 1 aromatic carbocycles. The van der Waals surface area contributed by atoms with Gasteiger partial charge in [-0.3, -0.25) is 0 Å². The summed E-state index contributed by atoms with van der Waals surface area (Å²) in [5, 5.41) is 0. The third kappa shape index (κ3) is 3.56. The lowest BCUT2D eigenvalue weighted by Crippen LogP contribution is -2.37. The summed E-state index contributed by atoms with van der Waals surface area (Å²) in [7, 11) is 2.22. The highest BCUT2D eigenvalue weighted by Gasteiger charge is 2.29. The molecule has 1 aliphatic rings. The fourth-order valence-corrected chi connectivity index (χ4v) is 3.74. The Labute approximate surface area is 131 Å². The van der Waals surface area contributed by atoms with Crippen molar-refractivity contribution in [1.29, 1.82) is 0 Å². The summed E-state index contributed by atoms with van der Waals surface area (Å²) < 4.78 is 1.15. The van der Waals surface area contributed by atoms with Crippen LogP contribution in [0.2, 0.25) is 0 Å². The van der Waals surface area contributed by atoms with Crippen LogP contribution < -0.4 is 10.6 Å². The maximum atomic E-state index is 5.95. The molecule has 0 amide bonds. The minimum atomic E-state index is 0.0844. The van der Waals surface area contributed by atoms with Crippen LogP contribution in [0.4, 0.5) is 5.69 Å². The fourth-order valence-electron chi connectivity index (χ4n) is 3.06. The Hall–Kier alpha value is -0.540. The third-order valence-electron chi connectivity index (χ3n) is 4.73. The molecule has 0 aliphatic heterocycles. The van der Waals surface area contributed by atoms with Crippen LogP contribution in [0.15, 0.2) is 22.7 Å². The lowest BCUT2D eigenvalue weighted by atomic mass is 9.75. The first-order valence-corrected chi connectivity index (χ1v) is 8.37. The second kappa shape index (κ2) is 6.07. The normalized spacial score (nSPS) is 20.7. The van der Waals surface area contributed by atoms with Crippen molar-refractivity contribution >= 4 is 21.6 Å². The number of hydrogen-bond acceptors (Lipinski definition) is 2. The van der Waals surface area contributed by atoms with Crippen molar-refractivity contribution in [2.45, 2.75) is 58.5 Å². The third-order valence-corrected chi connectivity index (χ3v) is 5.37. The van der Waals surface area contributed by atoms with Crippen LogP contribution in [-0.4, -0.2) is 13.1 Å². The zero-order chi connectivity index (χ0) is 14.9. The highest BCUT2D eigenvalue weighted by atomic mass is 79.9. The van der Waals surface area contributed by atoms with E-state index in [4.69, 9.17) is 5.73 Å². The van der Waals surface area contributed by atoms with E-state index >= 15 is 0 Å². The highest BCUT2D eigenvalue weighted by molar-refractivity contribution is 9.10. The molecule has 2 nitrogen and oxygen atoms in total. The minimum absolute atomic E-state index is 0.0844. The lowest BCUT2D eigenvalue weighted by Gasteiger charge is -2.40. The van der Waals surface area contributed by atoms with E-state index in [1.54, 1.807) is 0 Å². The summed E-state index contributed by atoms with van der Waals surface area (Å²) in [6.07, 6.45) is 5.20. The number of nitrogens with zero attached hydrogens (tertiary/aromatic N) is 1. The number of anilines is 1. The van der Waals surface area contributed by atoms with Crippen molar-refractivity contribution in [3.8, 4) is 0 Å². The minimum Gasteiger partial charge on any atom is -0.371 e. The van der Waals surface area contributed by atoms with Crippen LogP contribution in [0.5, 0.6) is 0 Å². The van der Waals surface area contributed by atoms with Crippen LogP contribution in [0, 0.1) is 5.41 Å². The molecule has 1 fully saturated rings. The van der Waals surface area contributed by atoms with Gasteiger partial charge in [0.15, 0.2) is 0 Å². The summed E-state index contributed by atoms with van der Waals surface area (Å²) in [4.78, 5) is 2.43. The van der Waals surface area contributed by atoms with Gasteiger partial charge in [-0.2, -0.15) is 0 Å². The van der Waals surface area contributed by atoms with Crippen LogP contribution in [0.3, 0.4) is 0 Å². The molecule has 1 unspecified atom stereocenters. The molecule has 2 rings (SSSR count). The molecule has 0 spiro atoms. The summed E-state index contributed by atoms with van der Waals surface area (Å²) in [6.45, 7) is 6.79. The first kappa shape index (κ1) is 15.8. The van der Waals surface area contributed by atoms with E-state index in [9.17, 15) is 0 Å². The summed E-state index contributed by atoms with van der Waals surface area (Å²) in [5.41, 5.74) is 8.92. The monoisotopic (exact) mass is 338 g/mol. The number of nitrogens with two attached hydrogens (primary N) is 1. The van der Waals surface area contributed by atoms with E-state index in [-0.39, 0.29) is 6.04 Å². The quantitative estimate of drug-likeness (QED) is 0.851. The first-order valence-electron chi connectivity index (χ1n) is 7.58. The van der Waals surface area contributed by atoms with Gasteiger partial charge in [0.25, 0.3) is 0 Å². The zero-order valence-corrected chi connectivity index (χ0v) is 14.7. The molecule has 1 saturated carbocycles. The van der Waals surface area contributed by atoms with E-state index in [0.29, 0.717) is 11.5 Å². The van der Waals surface area contributed by atoms with E-state index in [2.05, 4.69) is 59.9 Å². The van der Waals surface area contributed by atoms with Gasteiger partial charge in [0.05, 0.1) is 5.69 Å². The molecule has 1 atom stereocenters. The molecule has 20 heavy (non-hydrogen) atoms. The van der Waals surface area contributed by atoms with Crippen molar-refractivity contribution in [3.05, 3.63) is 28.2 Å². The molecule has 1 aliphatic carbocycles. The average molecular weight is 339 g/mol. The second-order valence-electron chi connectivity index (χ2n) is 7.01. The maximum Gasteiger partial charge on any atom is 0.0510 e. The average Bonchev–Trinajstić information content (AvgIpc) is 2.37. The van der Waals surface area contributed by atoms with Gasteiger partial charge in [0.2, 0.25) is 0 Å². The van der Waals surface area contributed by atoms with Gasteiger partial charge in [0, 0.05) is 23.6 Å². The van der Waals surface area contributed by atoms with Crippen LogP contribution in [-0.2, 0) is 0 Å². The van der Waals surface area contributed by atoms with E-state index in [1.807, 2.05) is 6.92 Å². The fraction of sp³-hybridized carbons (Fsp3) is 0.647. The van der Waals surface area contributed by atoms with E-state index in [1.165, 1.54) is 36.9 Å². The van der Waals surface area contributed by atoms with Gasteiger partial charge in [-0.15, -0.1) is 0 Å². The Bertz CT molecular complexity index is 458. The Morgan fingerprint density at radius 3 is 2.40 bits per heavy atom. The van der Waals surface area contributed by atoms with Gasteiger partial charge in [0.1, 0.15) is 0 Å². The number of benzene rings is 1. The molecule has 2 N–H and O–H groups in total. The SMILES string of the molecule is CC(N)c1ccc(N(C)C2CCC(C)(C)CC2)c(Br)c1. The smallest absolute Gasteiger partial charge is 0.0510 e. The molecule has 0 saturated heterocycles. The van der Waals surface area contributed by atoms with E-state index < -0.39 is 0 Å². The van der Waals surface area contributed by atoms with Gasteiger partial charge < -0.3 is 10.6 Å². The van der Waals surface area contributed by atoms with Gasteiger partial charge in [-0.05, 0) is 71.6 Å². The van der Waals surface area contributed by atoms with E-state index in [0.717, 1.165) is 4.47 Å². The Balaban J connectivity index is 2.12. The molecule has 3 heteroatoms. The highest BCUT2D eigenvalue weighted by Crippen LogP contribution is 2.39. The molecule has 0 heterocycles. The standard InChI is InChI=1S/C17H27BrN2/c1-12(19)13-5-6-16(15(18)11-13)20(4)14-7-9-17(2,3)10-8-14/h5-6,11-12,14H,7-10,19H2,1-4H3. The molecular weight excluding hydrogens is 312 g/mol. The molecular formula is C17H27BrN2. The van der Waals surface area contributed by atoms with Crippen LogP contribution >= 0.6 is 15.9 Å². The lowest BCUT2D eigenvalue weighted by molar-refractivity contribution is 0.222. The number of hydrogen-bond donors (Lipinski definition) is 1. The number of halogens is 1. The largest absolute Gasteiger partial charge is 0.371 e. The van der Waals surface area contributed by atoms with Gasteiger partial charge in [-0.1, -0.05) is 19.9 Å². The topological polar surface area (TPSA) is 29.3 Å².